The van der Waals surface area contributed by atoms with Gasteiger partial charge in [-0.15, -0.1) is 0 Å². The van der Waals surface area contributed by atoms with Crippen LogP contribution in [0, 0.1) is 46.3 Å². The minimum absolute atomic E-state index is 0.0774. The Morgan fingerprint density at radius 2 is 1.82 bits per heavy atom. The minimum atomic E-state index is -0.284. The zero-order chi connectivity index (χ0) is 20.3. The first-order valence-electron chi connectivity index (χ1n) is 11.6. The van der Waals surface area contributed by atoms with Crippen LogP contribution in [0.15, 0.2) is 0 Å². The Hall–Kier alpha value is -0.610. The summed E-state index contributed by atoms with van der Waals surface area (Å²) in [7, 11) is 1.47. The molecule has 4 aliphatic carbocycles. The Balaban J connectivity index is 1.58. The number of aliphatic hydroxyl groups excluding tert-OH is 2. The largest absolute Gasteiger partial charge is 0.469 e. The van der Waals surface area contributed by atoms with Gasteiger partial charge in [0.05, 0.1) is 19.3 Å². The van der Waals surface area contributed by atoms with Gasteiger partial charge in [-0.2, -0.15) is 0 Å². The third-order valence-electron chi connectivity index (χ3n) is 10.2. The maximum Gasteiger partial charge on any atom is 0.305 e. The molecule has 0 aromatic carbocycles. The second-order valence-electron chi connectivity index (χ2n) is 11.1. The second kappa shape index (κ2) is 7.27. The summed E-state index contributed by atoms with van der Waals surface area (Å²) < 4.78 is 4.92. The zero-order valence-corrected chi connectivity index (χ0v) is 18.2. The first kappa shape index (κ1) is 20.7. The summed E-state index contributed by atoms with van der Waals surface area (Å²) in [6.07, 6.45) is 8.75. The summed E-state index contributed by atoms with van der Waals surface area (Å²) in [6, 6.07) is 0. The van der Waals surface area contributed by atoms with E-state index in [4.69, 9.17) is 4.74 Å². The fraction of sp³-hybridized carbons (Fsp3) is 0.958. The number of fused-ring (bicyclic) bond motifs is 5. The number of hydrogen-bond donors (Lipinski definition) is 2. The molecule has 0 aliphatic heterocycles. The Morgan fingerprint density at radius 1 is 1.07 bits per heavy atom. The highest BCUT2D eigenvalue weighted by molar-refractivity contribution is 5.69. The van der Waals surface area contributed by atoms with Gasteiger partial charge in [-0.1, -0.05) is 20.8 Å². The Bertz CT molecular complexity index is 605. The van der Waals surface area contributed by atoms with Gasteiger partial charge in [0.25, 0.3) is 0 Å². The molecule has 4 aliphatic rings. The van der Waals surface area contributed by atoms with Crippen LogP contribution < -0.4 is 0 Å². The number of carbonyl (C=O) groups excluding carboxylic acids is 1. The highest BCUT2D eigenvalue weighted by Crippen LogP contribution is 2.68. The first-order valence-corrected chi connectivity index (χ1v) is 11.6. The van der Waals surface area contributed by atoms with E-state index in [9.17, 15) is 15.0 Å². The van der Waals surface area contributed by atoms with Gasteiger partial charge in [-0.25, -0.2) is 0 Å². The predicted molar refractivity (Wildman–Crippen MR) is 108 cm³/mol. The van der Waals surface area contributed by atoms with Crippen LogP contribution in [0.4, 0.5) is 0 Å². The Morgan fingerprint density at radius 3 is 2.54 bits per heavy atom. The molecular formula is C24H40O4. The normalized spacial score (nSPS) is 51.6. The smallest absolute Gasteiger partial charge is 0.305 e. The fourth-order valence-electron chi connectivity index (χ4n) is 8.65. The van der Waals surface area contributed by atoms with Crippen molar-refractivity contribution in [2.75, 3.05) is 7.11 Å². The monoisotopic (exact) mass is 392 g/mol. The maximum absolute atomic E-state index is 11.9. The lowest BCUT2D eigenvalue weighted by atomic mass is 9.43. The standard InChI is InChI=1S/C24H40O4/c1-14(11-22(27)28-4)18-7-8-19-17-6-5-15-12-16(25)9-10-23(15,2)20(17)13-21(26)24(18,19)3/h14-21,25-26H,5-13H2,1-4H3/t14-,15-,16-,17+,18-,19+,20+,21+,23+,24-/m1/s1. The molecule has 4 heteroatoms. The van der Waals surface area contributed by atoms with Gasteiger partial charge in [-0.05, 0) is 97.7 Å². The highest BCUT2D eigenvalue weighted by atomic mass is 16.5. The third-order valence-corrected chi connectivity index (χ3v) is 10.2. The lowest BCUT2D eigenvalue weighted by Gasteiger charge is -2.62. The number of esters is 1. The van der Waals surface area contributed by atoms with Crippen molar-refractivity contribution in [1.82, 2.24) is 0 Å². The summed E-state index contributed by atoms with van der Waals surface area (Å²) >= 11 is 0. The van der Waals surface area contributed by atoms with E-state index in [0.29, 0.717) is 36.0 Å². The van der Waals surface area contributed by atoms with Crippen LogP contribution in [0.25, 0.3) is 0 Å². The van der Waals surface area contributed by atoms with Crippen molar-refractivity contribution in [1.29, 1.82) is 0 Å². The van der Waals surface area contributed by atoms with E-state index in [0.717, 1.165) is 32.1 Å². The van der Waals surface area contributed by atoms with E-state index in [1.807, 2.05) is 0 Å². The van der Waals surface area contributed by atoms with E-state index >= 15 is 0 Å². The molecule has 4 rings (SSSR count). The fourth-order valence-corrected chi connectivity index (χ4v) is 8.65. The van der Waals surface area contributed by atoms with Gasteiger partial charge >= 0.3 is 5.97 Å². The molecule has 0 spiro atoms. The number of rotatable bonds is 3. The molecule has 0 amide bonds. The van der Waals surface area contributed by atoms with Gasteiger partial charge in [-0.3, -0.25) is 4.79 Å². The molecule has 4 saturated carbocycles. The molecule has 0 heterocycles. The van der Waals surface area contributed by atoms with E-state index in [2.05, 4.69) is 20.8 Å². The zero-order valence-electron chi connectivity index (χ0n) is 18.2. The number of aliphatic hydroxyl groups is 2. The van der Waals surface area contributed by atoms with Crippen molar-refractivity contribution in [2.45, 2.75) is 90.8 Å². The van der Waals surface area contributed by atoms with Gasteiger partial charge < -0.3 is 14.9 Å². The average molecular weight is 393 g/mol. The lowest BCUT2D eigenvalue weighted by molar-refractivity contribution is -0.175. The van der Waals surface area contributed by atoms with E-state index < -0.39 is 0 Å². The molecular weight excluding hydrogens is 352 g/mol. The average Bonchev–Trinajstić information content (AvgIpc) is 3.02. The number of carbonyl (C=O) groups is 1. The Kier molecular flexibility index (Phi) is 5.36. The quantitative estimate of drug-likeness (QED) is 0.707. The number of hydrogen-bond acceptors (Lipinski definition) is 4. The minimum Gasteiger partial charge on any atom is -0.469 e. The maximum atomic E-state index is 11.9. The van der Waals surface area contributed by atoms with Crippen LogP contribution in [0.5, 0.6) is 0 Å². The van der Waals surface area contributed by atoms with E-state index in [1.54, 1.807) is 0 Å². The van der Waals surface area contributed by atoms with Crippen LogP contribution in [0.1, 0.15) is 78.6 Å². The summed E-state index contributed by atoms with van der Waals surface area (Å²) in [6.45, 7) is 6.96. The Labute approximate surface area is 170 Å². The van der Waals surface area contributed by atoms with Gasteiger partial charge in [0.15, 0.2) is 0 Å². The summed E-state index contributed by atoms with van der Waals surface area (Å²) in [4.78, 5) is 11.9. The molecule has 4 fully saturated rings. The number of methoxy groups -OCH3 is 1. The molecule has 28 heavy (non-hydrogen) atoms. The first-order chi connectivity index (χ1) is 13.2. The van der Waals surface area contributed by atoms with Crippen molar-refractivity contribution >= 4 is 5.97 Å². The number of ether oxygens (including phenoxy) is 1. The summed E-state index contributed by atoms with van der Waals surface area (Å²) in [5.74, 6) is 2.98. The molecule has 0 bridgehead atoms. The summed E-state index contributed by atoms with van der Waals surface area (Å²) in [5.41, 5.74) is 0.201. The van der Waals surface area contributed by atoms with E-state index in [-0.39, 0.29) is 34.9 Å². The van der Waals surface area contributed by atoms with Crippen molar-refractivity contribution in [2.24, 2.45) is 46.3 Å². The lowest BCUT2D eigenvalue weighted by Crippen LogP contribution is -2.58. The molecule has 0 unspecified atom stereocenters. The molecule has 4 nitrogen and oxygen atoms in total. The molecule has 2 N–H and O–H groups in total. The van der Waals surface area contributed by atoms with Crippen LogP contribution in [-0.2, 0) is 9.53 Å². The molecule has 0 aromatic heterocycles. The van der Waals surface area contributed by atoms with Gasteiger partial charge in [0.2, 0.25) is 0 Å². The molecule has 10 atom stereocenters. The van der Waals surface area contributed by atoms with Crippen LogP contribution in [-0.4, -0.2) is 35.5 Å². The predicted octanol–water partition coefficient (Wildman–Crippen LogP) is 4.18. The summed E-state index contributed by atoms with van der Waals surface area (Å²) in [5, 5.41) is 21.7. The molecule has 0 radical (unpaired) electrons. The topological polar surface area (TPSA) is 66.8 Å². The molecule has 0 aromatic rings. The van der Waals surface area contributed by atoms with Gasteiger partial charge in [0, 0.05) is 6.42 Å². The van der Waals surface area contributed by atoms with Crippen molar-refractivity contribution < 1.29 is 19.7 Å². The molecule has 0 saturated heterocycles. The second-order valence-corrected chi connectivity index (χ2v) is 11.1. The van der Waals surface area contributed by atoms with Crippen LogP contribution >= 0.6 is 0 Å². The van der Waals surface area contributed by atoms with Crippen LogP contribution in [0.2, 0.25) is 0 Å². The SMILES string of the molecule is COC(=O)C[C@@H](C)[C@H]1CC[C@H]2[C@@H]3CC[C@@H]4C[C@H](O)CC[C@]4(C)[C@H]3C[C@H](O)[C@]12C. The van der Waals surface area contributed by atoms with E-state index in [1.165, 1.54) is 26.4 Å². The third kappa shape index (κ3) is 2.96. The van der Waals surface area contributed by atoms with Crippen molar-refractivity contribution in [3.63, 3.8) is 0 Å². The van der Waals surface area contributed by atoms with Crippen molar-refractivity contribution in [3.8, 4) is 0 Å². The molecule has 160 valence electrons. The van der Waals surface area contributed by atoms with Gasteiger partial charge in [0.1, 0.15) is 0 Å². The van der Waals surface area contributed by atoms with Crippen molar-refractivity contribution in [3.05, 3.63) is 0 Å². The highest BCUT2D eigenvalue weighted by Gasteiger charge is 2.63. The van der Waals surface area contributed by atoms with Crippen LogP contribution in [0.3, 0.4) is 0 Å².